The van der Waals surface area contributed by atoms with Gasteiger partial charge in [-0.1, -0.05) is 63.2 Å². The Balaban J connectivity index is 2.19. The van der Waals surface area contributed by atoms with Gasteiger partial charge in [0, 0.05) is 19.8 Å². The molecule has 2 atom stereocenters. The number of hydrogen-bond acceptors (Lipinski definition) is 4. The minimum Gasteiger partial charge on any atom is -0.467 e. The number of benzene rings is 2. The summed E-state index contributed by atoms with van der Waals surface area (Å²) in [5, 5.41) is 5.19. The third-order valence-corrected chi connectivity index (χ3v) is 5.14. The number of methoxy groups -OCH3 is 1. The van der Waals surface area contributed by atoms with Gasteiger partial charge >= 0.3 is 5.97 Å². The van der Waals surface area contributed by atoms with Gasteiger partial charge in [0.25, 0.3) is 0 Å². The monoisotopic (exact) mass is 442 g/mol. The average molecular weight is 443 g/mol. The molecule has 2 N–H and O–H groups in total. The smallest absolute Gasteiger partial charge is 0.328 e. The maximum Gasteiger partial charge on any atom is 0.328 e. The molecule has 0 saturated heterocycles. The number of halogens is 1. The number of rotatable bonds is 8. The first-order valence-electron chi connectivity index (χ1n) is 10.5. The van der Waals surface area contributed by atoms with Crippen LogP contribution in [0.1, 0.15) is 44.4 Å². The number of ether oxygens (including phenoxy) is 1. The summed E-state index contributed by atoms with van der Waals surface area (Å²) in [4.78, 5) is 36.9. The van der Waals surface area contributed by atoms with E-state index in [9.17, 15) is 18.8 Å². The second-order valence-electron chi connectivity index (χ2n) is 8.78. The minimum atomic E-state index is -1.04. The van der Waals surface area contributed by atoms with E-state index >= 15 is 0 Å². The molecule has 0 spiro atoms. The lowest BCUT2D eigenvalue weighted by Gasteiger charge is -2.23. The largest absolute Gasteiger partial charge is 0.467 e. The molecule has 0 aliphatic carbocycles. The molecule has 0 saturated carbocycles. The van der Waals surface area contributed by atoms with Crippen molar-refractivity contribution in [1.82, 2.24) is 10.6 Å². The minimum absolute atomic E-state index is 0.00715. The Kier molecular flexibility index (Phi) is 8.52. The first kappa shape index (κ1) is 25.0. The predicted octanol–water partition coefficient (Wildman–Crippen LogP) is 3.07. The number of amides is 2. The van der Waals surface area contributed by atoms with E-state index in [0.717, 1.165) is 11.1 Å². The fourth-order valence-corrected chi connectivity index (χ4v) is 3.32. The molecule has 7 heteroatoms. The molecular formula is C25H31FN2O4. The Labute approximate surface area is 188 Å². The van der Waals surface area contributed by atoms with Gasteiger partial charge in [0.2, 0.25) is 11.8 Å². The Hall–Kier alpha value is -3.22. The summed E-state index contributed by atoms with van der Waals surface area (Å²) in [5.41, 5.74) is 2.27. The fourth-order valence-electron chi connectivity index (χ4n) is 3.32. The van der Waals surface area contributed by atoms with Gasteiger partial charge in [0.1, 0.15) is 17.9 Å². The van der Waals surface area contributed by atoms with Crippen LogP contribution < -0.4 is 10.6 Å². The summed E-state index contributed by atoms with van der Waals surface area (Å²) in [6.07, 6.45) is 0.168. The molecular weight excluding hydrogens is 411 g/mol. The maximum absolute atomic E-state index is 14.1. The molecule has 2 aromatic carbocycles. The Bertz CT molecular complexity index is 951. The van der Waals surface area contributed by atoms with E-state index < -0.39 is 35.7 Å². The predicted molar refractivity (Wildman–Crippen MR) is 121 cm³/mol. The summed E-state index contributed by atoms with van der Waals surface area (Å²) < 4.78 is 18.9. The van der Waals surface area contributed by atoms with Crippen LogP contribution in [-0.2, 0) is 37.4 Å². The van der Waals surface area contributed by atoms with Crippen LogP contribution in [0.5, 0.6) is 0 Å². The second kappa shape index (κ2) is 10.9. The number of hydrogen-bond donors (Lipinski definition) is 2. The van der Waals surface area contributed by atoms with Crippen LogP contribution in [0.25, 0.3) is 0 Å². The van der Waals surface area contributed by atoms with Crippen LogP contribution in [0.2, 0.25) is 0 Å². The van der Waals surface area contributed by atoms with Crippen LogP contribution in [-0.4, -0.2) is 37.0 Å². The van der Waals surface area contributed by atoms with Gasteiger partial charge in [-0.2, -0.15) is 0 Å². The van der Waals surface area contributed by atoms with Crippen molar-refractivity contribution in [3.8, 4) is 0 Å². The fraction of sp³-hybridized carbons (Fsp3) is 0.400. The molecule has 0 unspecified atom stereocenters. The zero-order valence-electron chi connectivity index (χ0n) is 19.2. The highest BCUT2D eigenvalue weighted by Gasteiger charge is 2.28. The number of carbonyl (C=O) groups excluding carboxylic acids is 3. The summed E-state index contributed by atoms with van der Waals surface area (Å²) in [7, 11) is 1.24. The normalized spacial score (nSPS) is 13.1. The molecule has 0 bridgehead atoms. The molecule has 0 radical (unpaired) electrons. The van der Waals surface area contributed by atoms with Gasteiger partial charge < -0.3 is 15.4 Å². The molecule has 172 valence electrons. The van der Waals surface area contributed by atoms with E-state index in [4.69, 9.17) is 4.74 Å². The second-order valence-corrected chi connectivity index (χ2v) is 8.78. The van der Waals surface area contributed by atoms with Gasteiger partial charge in [0.15, 0.2) is 0 Å². The molecule has 2 aromatic rings. The lowest BCUT2D eigenvalue weighted by Crippen LogP contribution is -2.53. The van der Waals surface area contributed by atoms with Gasteiger partial charge in [-0.3, -0.25) is 9.59 Å². The van der Waals surface area contributed by atoms with Crippen LogP contribution in [0.3, 0.4) is 0 Å². The highest BCUT2D eigenvalue weighted by atomic mass is 19.1. The molecule has 0 heterocycles. The SMILES string of the molecule is COC(=O)[C@@H](Cc1ccc(C(C)(C)C)cc1)NC(=O)[C@@H](Cc1ccccc1F)NC(C)=O. The summed E-state index contributed by atoms with van der Waals surface area (Å²) in [6.45, 7) is 7.60. The third-order valence-electron chi connectivity index (χ3n) is 5.14. The molecule has 2 amide bonds. The van der Waals surface area contributed by atoms with E-state index in [1.165, 1.54) is 20.1 Å². The summed E-state index contributed by atoms with van der Waals surface area (Å²) >= 11 is 0. The highest BCUT2D eigenvalue weighted by molar-refractivity contribution is 5.90. The first-order chi connectivity index (χ1) is 15.0. The van der Waals surface area contributed by atoms with Crippen molar-refractivity contribution in [3.63, 3.8) is 0 Å². The maximum atomic E-state index is 14.1. The Morgan fingerprint density at radius 3 is 2.09 bits per heavy atom. The standard InChI is InChI=1S/C25H31FN2O4/c1-16(29)27-21(15-18-8-6-7-9-20(18)26)23(30)28-22(24(31)32-5)14-17-10-12-19(13-11-17)25(2,3)4/h6-13,21-22H,14-15H2,1-5H3,(H,27,29)(H,28,30)/t21-,22-/m1/s1. The van der Waals surface area contributed by atoms with Crippen LogP contribution in [0, 0.1) is 5.82 Å². The van der Waals surface area contributed by atoms with Crippen LogP contribution in [0.4, 0.5) is 4.39 Å². The van der Waals surface area contributed by atoms with E-state index in [2.05, 4.69) is 31.4 Å². The lowest BCUT2D eigenvalue weighted by atomic mass is 9.86. The van der Waals surface area contributed by atoms with Crippen molar-refractivity contribution < 1.29 is 23.5 Å². The number of carbonyl (C=O) groups is 3. The van der Waals surface area contributed by atoms with Crippen molar-refractivity contribution in [1.29, 1.82) is 0 Å². The molecule has 0 fully saturated rings. The molecule has 0 aliphatic rings. The average Bonchev–Trinajstić information content (AvgIpc) is 2.73. The van der Waals surface area contributed by atoms with E-state index in [-0.39, 0.29) is 23.8 Å². The first-order valence-corrected chi connectivity index (χ1v) is 10.5. The molecule has 6 nitrogen and oxygen atoms in total. The van der Waals surface area contributed by atoms with Crippen molar-refractivity contribution in [2.75, 3.05) is 7.11 Å². The molecule has 0 aliphatic heterocycles. The zero-order valence-corrected chi connectivity index (χ0v) is 19.2. The van der Waals surface area contributed by atoms with Crippen molar-refractivity contribution in [2.24, 2.45) is 0 Å². The summed E-state index contributed by atoms with van der Waals surface area (Å²) in [6, 6.07) is 11.8. The third kappa shape index (κ3) is 7.18. The quantitative estimate of drug-likeness (QED) is 0.616. The van der Waals surface area contributed by atoms with Gasteiger partial charge in [-0.15, -0.1) is 0 Å². The van der Waals surface area contributed by atoms with E-state index in [1.807, 2.05) is 24.3 Å². The van der Waals surface area contributed by atoms with Crippen molar-refractivity contribution >= 4 is 17.8 Å². The van der Waals surface area contributed by atoms with Gasteiger partial charge in [-0.25, -0.2) is 9.18 Å². The molecule has 32 heavy (non-hydrogen) atoms. The molecule has 2 rings (SSSR count). The van der Waals surface area contributed by atoms with Crippen molar-refractivity contribution in [3.05, 3.63) is 71.0 Å². The van der Waals surface area contributed by atoms with Crippen LogP contribution >= 0.6 is 0 Å². The lowest BCUT2D eigenvalue weighted by molar-refractivity contribution is -0.145. The number of nitrogens with one attached hydrogen (secondary N) is 2. The number of esters is 1. The summed E-state index contributed by atoms with van der Waals surface area (Å²) in [5.74, 6) is -2.11. The molecule has 0 aromatic heterocycles. The van der Waals surface area contributed by atoms with Gasteiger partial charge in [-0.05, 0) is 28.2 Å². The van der Waals surface area contributed by atoms with Crippen LogP contribution in [0.15, 0.2) is 48.5 Å². The topological polar surface area (TPSA) is 84.5 Å². The highest BCUT2D eigenvalue weighted by Crippen LogP contribution is 2.22. The van der Waals surface area contributed by atoms with Gasteiger partial charge in [0.05, 0.1) is 7.11 Å². The Morgan fingerprint density at radius 2 is 1.56 bits per heavy atom. The Morgan fingerprint density at radius 1 is 0.938 bits per heavy atom. The van der Waals surface area contributed by atoms with E-state index in [0.29, 0.717) is 0 Å². The van der Waals surface area contributed by atoms with E-state index in [1.54, 1.807) is 18.2 Å². The van der Waals surface area contributed by atoms with Crippen molar-refractivity contribution in [2.45, 2.75) is 58.0 Å². The zero-order chi connectivity index (χ0) is 23.9.